The predicted molar refractivity (Wildman–Crippen MR) is 81.3 cm³/mol. The number of likely N-dealkylation sites (tertiary alicyclic amines) is 1. The summed E-state index contributed by atoms with van der Waals surface area (Å²) in [5.74, 6) is -0.897. The third-order valence-electron chi connectivity index (χ3n) is 3.38. The van der Waals surface area contributed by atoms with Gasteiger partial charge in [0.25, 0.3) is 5.91 Å². The van der Waals surface area contributed by atoms with Crippen LogP contribution < -0.4 is 4.74 Å². The zero-order valence-electron chi connectivity index (χ0n) is 11.5. The van der Waals surface area contributed by atoms with E-state index in [1.54, 1.807) is 18.2 Å². The van der Waals surface area contributed by atoms with Crippen LogP contribution >= 0.6 is 24.0 Å². The van der Waals surface area contributed by atoms with Gasteiger partial charge in [0.05, 0.1) is 5.92 Å². The van der Waals surface area contributed by atoms with Crippen LogP contribution in [0.1, 0.15) is 12.0 Å². The van der Waals surface area contributed by atoms with Crippen LogP contribution in [0.15, 0.2) is 18.2 Å². The van der Waals surface area contributed by atoms with E-state index < -0.39 is 11.9 Å². The van der Waals surface area contributed by atoms with Crippen molar-refractivity contribution in [2.45, 2.75) is 13.3 Å². The number of aryl methyl sites for hydroxylation is 1. The molecule has 21 heavy (non-hydrogen) atoms. The van der Waals surface area contributed by atoms with Crippen molar-refractivity contribution < 1.29 is 19.4 Å². The molecule has 0 aromatic heterocycles. The second kappa shape index (κ2) is 7.52. The van der Waals surface area contributed by atoms with Gasteiger partial charge in [-0.15, -0.1) is 12.4 Å². The quantitative estimate of drug-likeness (QED) is 0.918. The normalized spacial score (nSPS) is 17.2. The standard InChI is InChI=1S/C14H16ClNO4.ClH/c1-9-6-11(15)2-3-12(9)20-8-13(17)16-5-4-10(7-16)14(18)19;/h2-3,6,10H,4-5,7-8H2,1H3,(H,18,19);1H. The number of benzene rings is 1. The van der Waals surface area contributed by atoms with Crippen LogP contribution in [0.3, 0.4) is 0 Å². The monoisotopic (exact) mass is 333 g/mol. The number of carboxylic acid groups (broad SMARTS) is 1. The second-order valence-electron chi connectivity index (χ2n) is 4.86. The third kappa shape index (κ3) is 4.51. The van der Waals surface area contributed by atoms with Gasteiger partial charge in [0.2, 0.25) is 0 Å². The molecule has 0 radical (unpaired) electrons. The summed E-state index contributed by atoms with van der Waals surface area (Å²) in [6.45, 7) is 2.49. The molecule has 1 aliphatic rings. The highest BCUT2D eigenvalue weighted by molar-refractivity contribution is 6.30. The number of carbonyl (C=O) groups is 2. The fourth-order valence-electron chi connectivity index (χ4n) is 2.19. The van der Waals surface area contributed by atoms with Gasteiger partial charge >= 0.3 is 5.97 Å². The Bertz CT molecular complexity index is 536. The molecule has 1 amide bonds. The molecular formula is C14H17Cl2NO4. The van der Waals surface area contributed by atoms with E-state index in [1.165, 1.54) is 4.90 Å². The number of nitrogens with zero attached hydrogens (tertiary/aromatic N) is 1. The van der Waals surface area contributed by atoms with E-state index in [2.05, 4.69) is 0 Å². The molecule has 2 rings (SSSR count). The molecule has 5 nitrogen and oxygen atoms in total. The van der Waals surface area contributed by atoms with Crippen LogP contribution in [-0.4, -0.2) is 41.6 Å². The highest BCUT2D eigenvalue weighted by atomic mass is 35.5. The van der Waals surface area contributed by atoms with Crippen molar-refractivity contribution in [1.29, 1.82) is 0 Å². The molecule has 1 aliphatic heterocycles. The van der Waals surface area contributed by atoms with Crippen molar-refractivity contribution in [3.8, 4) is 5.75 Å². The first-order chi connectivity index (χ1) is 9.47. The van der Waals surface area contributed by atoms with Gasteiger partial charge in [-0.25, -0.2) is 0 Å². The predicted octanol–water partition coefficient (Wildman–Crippen LogP) is 2.38. The minimum atomic E-state index is -0.852. The number of rotatable bonds is 4. The minimum Gasteiger partial charge on any atom is -0.483 e. The van der Waals surface area contributed by atoms with E-state index in [-0.39, 0.29) is 31.5 Å². The average molecular weight is 334 g/mol. The molecule has 1 aromatic carbocycles. The Morgan fingerprint density at radius 2 is 2.19 bits per heavy atom. The number of carbonyl (C=O) groups excluding carboxylic acids is 1. The highest BCUT2D eigenvalue weighted by Gasteiger charge is 2.30. The SMILES string of the molecule is Cc1cc(Cl)ccc1OCC(=O)N1CCC(C(=O)O)C1.Cl. The molecule has 1 saturated heterocycles. The largest absolute Gasteiger partial charge is 0.483 e. The van der Waals surface area contributed by atoms with Crippen LogP contribution in [0, 0.1) is 12.8 Å². The first-order valence-corrected chi connectivity index (χ1v) is 6.74. The Balaban J connectivity index is 0.00000220. The molecule has 1 unspecified atom stereocenters. The molecule has 0 saturated carbocycles. The van der Waals surface area contributed by atoms with Gasteiger partial charge in [0.1, 0.15) is 5.75 Å². The lowest BCUT2D eigenvalue weighted by atomic mass is 10.1. The van der Waals surface area contributed by atoms with Crippen LogP contribution in [0.4, 0.5) is 0 Å². The van der Waals surface area contributed by atoms with Crippen LogP contribution in [0.2, 0.25) is 5.02 Å². The minimum absolute atomic E-state index is 0. The summed E-state index contributed by atoms with van der Waals surface area (Å²) < 4.78 is 5.46. The zero-order valence-corrected chi connectivity index (χ0v) is 13.1. The number of aliphatic carboxylic acids is 1. The topological polar surface area (TPSA) is 66.8 Å². The number of ether oxygens (including phenoxy) is 1. The molecule has 7 heteroatoms. The van der Waals surface area contributed by atoms with Crippen LogP contribution in [0.25, 0.3) is 0 Å². The maximum absolute atomic E-state index is 11.9. The van der Waals surface area contributed by atoms with Gasteiger partial charge in [0.15, 0.2) is 6.61 Å². The van der Waals surface area contributed by atoms with Gasteiger partial charge in [-0.2, -0.15) is 0 Å². The maximum atomic E-state index is 11.9. The summed E-state index contributed by atoms with van der Waals surface area (Å²) in [5, 5.41) is 9.52. The Morgan fingerprint density at radius 3 is 2.76 bits per heavy atom. The molecule has 1 fully saturated rings. The molecule has 1 heterocycles. The maximum Gasteiger partial charge on any atom is 0.308 e. The van der Waals surface area contributed by atoms with Gasteiger partial charge in [0, 0.05) is 18.1 Å². The lowest BCUT2D eigenvalue weighted by Crippen LogP contribution is -2.33. The summed E-state index contributed by atoms with van der Waals surface area (Å²) in [7, 11) is 0. The first-order valence-electron chi connectivity index (χ1n) is 6.37. The Labute approximate surface area is 134 Å². The van der Waals surface area contributed by atoms with Crippen molar-refractivity contribution >= 4 is 35.9 Å². The van der Waals surface area contributed by atoms with E-state index >= 15 is 0 Å². The van der Waals surface area contributed by atoms with Gasteiger partial charge in [-0.05, 0) is 37.1 Å². The van der Waals surface area contributed by atoms with E-state index in [1.807, 2.05) is 6.92 Å². The zero-order chi connectivity index (χ0) is 14.7. The fourth-order valence-corrected chi connectivity index (χ4v) is 2.42. The second-order valence-corrected chi connectivity index (χ2v) is 5.30. The summed E-state index contributed by atoms with van der Waals surface area (Å²) in [6, 6.07) is 5.18. The molecule has 0 spiro atoms. The van der Waals surface area contributed by atoms with E-state index in [9.17, 15) is 9.59 Å². The molecule has 1 aromatic rings. The summed E-state index contributed by atoms with van der Waals surface area (Å²) in [6.07, 6.45) is 0.501. The van der Waals surface area contributed by atoms with Crippen molar-refractivity contribution in [3.05, 3.63) is 28.8 Å². The molecule has 116 valence electrons. The first kappa shape index (κ1) is 17.6. The highest BCUT2D eigenvalue weighted by Crippen LogP contribution is 2.22. The Morgan fingerprint density at radius 1 is 1.48 bits per heavy atom. The number of hydrogen-bond donors (Lipinski definition) is 1. The van der Waals surface area contributed by atoms with Crippen molar-refractivity contribution in [3.63, 3.8) is 0 Å². The van der Waals surface area contributed by atoms with Gasteiger partial charge in [-0.1, -0.05) is 11.6 Å². The average Bonchev–Trinajstić information content (AvgIpc) is 2.87. The summed E-state index contributed by atoms with van der Waals surface area (Å²) in [5.41, 5.74) is 0.857. The fraction of sp³-hybridized carbons (Fsp3) is 0.429. The van der Waals surface area contributed by atoms with Crippen molar-refractivity contribution in [2.75, 3.05) is 19.7 Å². The lowest BCUT2D eigenvalue weighted by Gasteiger charge is -2.16. The molecule has 1 atom stereocenters. The number of hydrogen-bond acceptors (Lipinski definition) is 3. The third-order valence-corrected chi connectivity index (χ3v) is 3.61. The van der Waals surface area contributed by atoms with Gasteiger partial charge in [-0.3, -0.25) is 9.59 Å². The van der Waals surface area contributed by atoms with Crippen molar-refractivity contribution in [1.82, 2.24) is 4.90 Å². The van der Waals surface area contributed by atoms with Crippen molar-refractivity contribution in [2.24, 2.45) is 5.92 Å². The van der Waals surface area contributed by atoms with E-state index in [4.69, 9.17) is 21.4 Å². The summed E-state index contributed by atoms with van der Waals surface area (Å²) in [4.78, 5) is 24.3. The molecule has 0 bridgehead atoms. The van der Waals surface area contributed by atoms with E-state index in [0.717, 1.165) is 5.56 Å². The summed E-state index contributed by atoms with van der Waals surface area (Å²) >= 11 is 5.84. The van der Waals surface area contributed by atoms with Crippen LogP contribution in [-0.2, 0) is 9.59 Å². The van der Waals surface area contributed by atoms with E-state index in [0.29, 0.717) is 23.7 Å². The Hall–Kier alpha value is -1.46. The number of carboxylic acids is 1. The molecule has 1 N–H and O–H groups in total. The number of halogens is 2. The molecule has 0 aliphatic carbocycles. The van der Waals surface area contributed by atoms with Crippen LogP contribution in [0.5, 0.6) is 5.75 Å². The smallest absolute Gasteiger partial charge is 0.308 e. The lowest BCUT2D eigenvalue weighted by molar-refractivity contribution is -0.141. The Kier molecular flexibility index (Phi) is 6.30. The van der Waals surface area contributed by atoms with Gasteiger partial charge < -0.3 is 14.7 Å². The number of amides is 1. The molecular weight excluding hydrogens is 317 g/mol.